The van der Waals surface area contributed by atoms with Crippen molar-refractivity contribution < 1.29 is 4.74 Å². The molecule has 84 valence electrons. The maximum absolute atomic E-state index is 6.07. The monoisotopic (exact) mass is 229 g/mol. The van der Waals surface area contributed by atoms with Crippen molar-refractivity contribution in [2.24, 2.45) is 0 Å². The van der Waals surface area contributed by atoms with Crippen LogP contribution in [0.15, 0.2) is 6.20 Å². The summed E-state index contributed by atoms with van der Waals surface area (Å²) in [6.45, 7) is 3.70. The Hall–Kier alpha value is -0.610. The van der Waals surface area contributed by atoms with Crippen LogP contribution in [0.2, 0.25) is 0 Å². The van der Waals surface area contributed by atoms with E-state index in [9.17, 15) is 0 Å². The van der Waals surface area contributed by atoms with Crippen LogP contribution in [-0.4, -0.2) is 27.7 Å². The first-order valence-corrected chi connectivity index (χ1v) is 5.89. The van der Waals surface area contributed by atoms with E-state index in [0.717, 1.165) is 38.1 Å². The summed E-state index contributed by atoms with van der Waals surface area (Å²) in [6, 6.07) is 0. The Labute approximate surface area is 94.6 Å². The summed E-state index contributed by atoms with van der Waals surface area (Å²) in [5, 5.41) is 8.08. The van der Waals surface area contributed by atoms with Crippen molar-refractivity contribution in [3.63, 3.8) is 0 Å². The van der Waals surface area contributed by atoms with Gasteiger partial charge >= 0.3 is 0 Å². The minimum Gasteiger partial charge on any atom is -0.376 e. The minimum absolute atomic E-state index is 0.0248. The average molecular weight is 230 g/mol. The molecule has 1 saturated heterocycles. The van der Waals surface area contributed by atoms with Gasteiger partial charge in [-0.15, -0.1) is 16.7 Å². The lowest BCUT2D eigenvalue weighted by atomic mass is 10.2. The Balaban J connectivity index is 1.94. The van der Waals surface area contributed by atoms with Gasteiger partial charge in [0.2, 0.25) is 0 Å². The van der Waals surface area contributed by atoms with E-state index in [2.05, 4.69) is 10.3 Å². The van der Waals surface area contributed by atoms with Gasteiger partial charge in [-0.05, 0) is 19.3 Å². The standard InChI is InChI=1S/C10H16ClN3O/c1-2-9(11)10-7-14(13-12-10)6-8-4-3-5-15-8/h7-9H,2-6H2,1H3. The van der Waals surface area contributed by atoms with Gasteiger partial charge in [0.1, 0.15) is 5.69 Å². The summed E-state index contributed by atoms with van der Waals surface area (Å²) in [7, 11) is 0. The Bertz CT molecular complexity index is 309. The predicted octanol–water partition coefficient (Wildman–Crippen LogP) is 2.15. The zero-order chi connectivity index (χ0) is 10.7. The van der Waals surface area contributed by atoms with Crippen LogP contribution < -0.4 is 0 Å². The smallest absolute Gasteiger partial charge is 0.100 e. The van der Waals surface area contributed by atoms with Crippen molar-refractivity contribution >= 4 is 11.6 Å². The average Bonchev–Trinajstić information content (AvgIpc) is 2.88. The third-order valence-electron chi connectivity index (χ3n) is 2.65. The molecule has 1 fully saturated rings. The Kier molecular flexibility index (Phi) is 3.59. The second-order valence-electron chi connectivity index (χ2n) is 3.88. The van der Waals surface area contributed by atoms with Crippen molar-refractivity contribution in [1.82, 2.24) is 15.0 Å². The first-order chi connectivity index (χ1) is 7.29. The zero-order valence-electron chi connectivity index (χ0n) is 8.90. The number of rotatable bonds is 4. The molecule has 1 aromatic rings. The fourth-order valence-electron chi connectivity index (χ4n) is 1.75. The van der Waals surface area contributed by atoms with Crippen molar-refractivity contribution in [2.75, 3.05) is 6.61 Å². The molecular weight excluding hydrogens is 214 g/mol. The van der Waals surface area contributed by atoms with Crippen LogP contribution in [0.5, 0.6) is 0 Å². The molecule has 0 spiro atoms. The molecule has 0 N–H and O–H groups in total. The lowest BCUT2D eigenvalue weighted by Gasteiger charge is -2.07. The van der Waals surface area contributed by atoms with Crippen LogP contribution in [0.1, 0.15) is 37.3 Å². The van der Waals surface area contributed by atoms with E-state index in [0.29, 0.717) is 6.10 Å². The lowest BCUT2D eigenvalue weighted by Crippen LogP contribution is -2.15. The van der Waals surface area contributed by atoms with Gasteiger partial charge in [-0.2, -0.15) is 0 Å². The van der Waals surface area contributed by atoms with Crippen LogP contribution in [0.25, 0.3) is 0 Å². The third kappa shape index (κ3) is 2.69. The highest BCUT2D eigenvalue weighted by atomic mass is 35.5. The molecule has 15 heavy (non-hydrogen) atoms. The molecular formula is C10H16ClN3O. The Morgan fingerprint density at radius 3 is 3.27 bits per heavy atom. The molecule has 0 radical (unpaired) electrons. The maximum atomic E-state index is 6.07. The van der Waals surface area contributed by atoms with Gasteiger partial charge in [0.15, 0.2) is 0 Å². The summed E-state index contributed by atoms with van der Waals surface area (Å²) < 4.78 is 7.36. The van der Waals surface area contributed by atoms with Gasteiger partial charge in [0.25, 0.3) is 0 Å². The normalized spacial score (nSPS) is 23.2. The fourth-order valence-corrected chi connectivity index (χ4v) is 1.85. The molecule has 0 aromatic carbocycles. The molecule has 0 bridgehead atoms. The largest absolute Gasteiger partial charge is 0.376 e. The van der Waals surface area contributed by atoms with Crippen LogP contribution >= 0.6 is 11.6 Å². The van der Waals surface area contributed by atoms with Crippen LogP contribution in [-0.2, 0) is 11.3 Å². The first kappa shape index (κ1) is 10.9. The van der Waals surface area contributed by atoms with E-state index in [4.69, 9.17) is 16.3 Å². The van der Waals surface area contributed by atoms with Crippen molar-refractivity contribution in [3.8, 4) is 0 Å². The highest BCUT2D eigenvalue weighted by Crippen LogP contribution is 2.21. The highest BCUT2D eigenvalue weighted by molar-refractivity contribution is 6.20. The molecule has 1 aromatic heterocycles. The fraction of sp³-hybridized carbons (Fsp3) is 0.800. The van der Waals surface area contributed by atoms with E-state index < -0.39 is 0 Å². The van der Waals surface area contributed by atoms with E-state index in [1.165, 1.54) is 0 Å². The number of ether oxygens (including phenoxy) is 1. The Morgan fingerprint density at radius 2 is 2.60 bits per heavy atom. The highest BCUT2D eigenvalue weighted by Gasteiger charge is 2.17. The minimum atomic E-state index is -0.0248. The molecule has 2 rings (SSSR count). The summed E-state index contributed by atoms with van der Waals surface area (Å²) in [5.41, 5.74) is 0.858. The van der Waals surface area contributed by atoms with Crippen molar-refractivity contribution in [3.05, 3.63) is 11.9 Å². The summed E-state index contributed by atoms with van der Waals surface area (Å²) in [5.74, 6) is 0. The topological polar surface area (TPSA) is 39.9 Å². The van der Waals surface area contributed by atoms with E-state index in [1.54, 1.807) is 0 Å². The van der Waals surface area contributed by atoms with Gasteiger partial charge in [-0.25, -0.2) is 4.68 Å². The van der Waals surface area contributed by atoms with Gasteiger partial charge in [-0.3, -0.25) is 0 Å². The van der Waals surface area contributed by atoms with Gasteiger partial charge in [0.05, 0.1) is 24.2 Å². The number of halogens is 1. The number of hydrogen-bond acceptors (Lipinski definition) is 3. The molecule has 4 nitrogen and oxygen atoms in total. The Morgan fingerprint density at radius 1 is 1.73 bits per heavy atom. The van der Waals surface area contributed by atoms with Crippen molar-refractivity contribution in [1.29, 1.82) is 0 Å². The third-order valence-corrected chi connectivity index (χ3v) is 3.18. The number of aromatic nitrogens is 3. The quantitative estimate of drug-likeness (QED) is 0.743. The summed E-state index contributed by atoms with van der Waals surface area (Å²) in [6.07, 6.45) is 5.37. The van der Waals surface area contributed by atoms with E-state index >= 15 is 0 Å². The molecule has 2 heterocycles. The summed E-state index contributed by atoms with van der Waals surface area (Å²) in [4.78, 5) is 0. The number of hydrogen-bond donors (Lipinski definition) is 0. The second kappa shape index (κ2) is 4.94. The van der Waals surface area contributed by atoms with Crippen LogP contribution in [0.4, 0.5) is 0 Å². The van der Waals surface area contributed by atoms with Gasteiger partial charge in [0, 0.05) is 6.61 Å². The molecule has 0 amide bonds. The molecule has 0 aliphatic carbocycles. The second-order valence-corrected chi connectivity index (χ2v) is 4.40. The number of nitrogens with zero attached hydrogens (tertiary/aromatic N) is 3. The van der Waals surface area contributed by atoms with Gasteiger partial charge in [-0.1, -0.05) is 12.1 Å². The summed E-state index contributed by atoms with van der Waals surface area (Å²) >= 11 is 6.07. The SMILES string of the molecule is CCC(Cl)c1cn(CC2CCCO2)nn1. The molecule has 2 unspecified atom stereocenters. The van der Waals surface area contributed by atoms with Crippen molar-refractivity contribution in [2.45, 2.75) is 44.2 Å². The van der Waals surface area contributed by atoms with E-state index in [-0.39, 0.29) is 5.38 Å². The molecule has 5 heteroatoms. The molecule has 1 aliphatic rings. The number of alkyl halides is 1. The molecule has 0 saturated carbocycles. The molecule has 1 aliphatic heterocycles. The van der Waals surface area contributed by atoms with E-state index in [1.807, 2.05) is 17.8 Å². The first-order valence-electron chi connectivity index (χ1n) is 5.45. The van der Waals surface area contributed by atoms with Gasteiger partial charge < -0.3 is 4.74 Å². The van der Waals surface area contributed by atoms with Crippen LogP contribution in [0, 0.1) is 0 Å². The zero-order valence-corrected chi connectivity index (χ0v) is 9.65. The maximum Gasteiger partial charge on any atom is 0.100 e. The van der Waals surface area contributed by atoms with Crippen LogP contribution in [0.3, 0.4) is 0 Å². The predicted molar refractivity (Wildman–Crippen MR) is 57.9 cm³/mol. The molecule has 2 atom stereocenters. The lowest BCUT2D eigenvalue weighted by molar-refractivity contribution is 0.0935.